The van der Waals surface area contributed by atoms with E-state index in [0.717, 1.165) is 38.0 Å². The molecular weight excluding hydrogens is 312 g/mol. The van der Waals surface area contributed by atoms with Gasteiger partial charge >= 0.3 is 0 Å². The first-order chi connectivity index (χ1) is 11.2. The molecule has 1 amide bonds. The van der Waals surface area contributed by atoms with Crippen molar-refractivity contribution >= 4 is 23.2 Å². The molecule has 23 heavy (non-hydrogen) atoms. The molecule has 1 heterocycles. The molecule has 3 rings (SSSR count). The van der Waals surface area contributed by atoms with Crippen molar-refractivity contribution < 1.29 is 9.53 Å². The van der Waals surface area contributed by atoms with Crippen molar-refractivity contribution in [3.8, 4) is 5.75 Å². The Kier molecular flexibility index (Phi) is 5.79. The van der Waals surface area contributed by atoms with Crippen LogP contribution < -0.4 is 15.4 Å². The Bertz CT molecular complexity index is 538. The van der Waals surface area contributed by atoms with Gasteiger partial charge in [0.15, 0.2) is 0 Å². The Hall–Kier alpha value is -1.26. The lowest BCUT2D eigenvalue weighted by Gasteiger charge is -2.15. The fraction of sp³-hybridized carbons (Fsp3) is 0.611. The van der Waals surface area contributed by atoms with E-state index in [4.69, 9.17) is 16.3 Å². The van der Waals surface area contributed by atoms with Crippen LogP contribution in [0.1, 0.15) is 44.9 Å². The molecule has 1 aromatic carbocycles. The molecule has 1 unspecified atom stereocenters. The molecule has 0 bridgehead atoms. The molecular formula is C18H25ClN2O2. The minimum atomic E-state index is 0.0532. The van der Waals surface area contributed by atoms with Crippen LogP contribution >= 0.6 is 11.6 Å². The van der Waals surface area contributed by atoms with E-state index in [2.05, 4.69) is 10.6 Å². The predicted molar refractivity (Wildman–Crippen MR) is 93.2 cm³/mol. The first-order valence-electron chi connectivity index (χ1n) is 8.67. The van der Waals surface area contributed by atoms with Crippen molar-refractivity contribution in [2.75, 3.05) is 18.4 Å². The van der Waals surface area contributed by atoms with Gasteiger partial charge < -0.3 is 15.4 Å². The number of carbonyl (C=O) groups is 1. The van der Waals surface area contributed by atoms with Crippen LogP contribution in [0.5, 0.6) is 5.75 Å². The first-order valence-corrected chi connectivity index (χ1v) is 9.05. The molecule has 126 valence electrons. The monoisotopic (exact) mass is 336 g/mol. The average molecular weight is 337 g/mol. The van der Waals surface area contributed by atoms with E-state index in [1.165, 1.54) is 19.3 Å². The topological polar surface area (TPSA) is 50.4 Å². The van der Waals surface area contributed by atoms with Crippen molar-refractivity contribution in [2.45, 2.75) is 51.0 Å². The number of benzene rings is 1. The number of carbonyl (C=O) groups excluding carboxylic acids is 1. The SMILES string of the molecule is O=C(CCC1CCNC1)Nc1ccc(OC2CCCC2)c(Cl)c1. The van der Waals surface area contributed by atoms with E-state index < -0.39 is 0 Å². The largest absolute Gasteiger partial charge is 0.489 e. The molecule has 0 spiro atoms. The van der Waals surface area contributed by atoms with Crippen LogP contribution in [0.25, 0.3) is 0 Å². The summed E-state index contributed by atoms with van der Waals surface area (Å²) in [5, 5.41) is 6.82. The second-order valence-corrected chi connectivity index (χ2v) is 7.02. The summed E-state index contributed by atoms with van der Waals surface area (Å²) in [5.74, 6) is 1.40. The molecule has 5 heteroatoms. The van der Waals surface area contributed by atoms with Gasteiger partial charge in [0.05, 0.1) is 11.1 Å². The van der Waals surface area contributed by atoms with Crippen LogP contribution in [0.4, 0.5) is 5.69 Å². The Labute approximate surface area is 142 Å². The summed E-state index contributed by atoms with van der Waals surface area (Å²) in [6, 6.07) is 5.50. The number of rotatable bonds is 6. The zero-order valence-electron chi connectivity index (χ0n) is 13.4. The molecule has 1 aromatic rings. The van der Waals surface area contributed by atoms with Gasteiger partial charge in [-0.25, -0.2) is 0 Å². The highest BCUT2D eigenvalue weighted by molar-refractivity contribution is 6.32. The molecule has 2 fully saturated rings. The minimum absolute atomic E-state index is 0.0532. The van der Waals surface area contributed by atoms with Gasteiger partial charge in [-0.3, -0.25) is 4.79 Å². The quantitative estimate of drug-likeness (QED) is 0.825. The number of amides is 1. The van der Waals surface area contributed by atoms with Gasteiger partial charge in [-0.2, -0.15) is 0 Å². The van der Waals surface area contributed by atoms with E-state index in [-0.39, 0.29) is 12.0 Å². The highest BCUT2D eigenvalue weighted by atomic mass is 35.5. The molecule has 1 saturated carbocycles. The summed E-state index contributed by atoms with van der Waals surface area (Å²) in [7, 11) is 0. The van der Waals surface area contributed by atoms with Crippen LogP contribution in [0, 0.1) is 5.92 Å². The molecule has 0 radical (unpaired) electrons. The molecule has 2 N–H and O–H groups in total. The van der Waals surface area contributed by atoms with E-state index in [1.54, 1.807) is 6.07 Å². The van der Waals surface area contributed by atoms with Crippen molar-refractivity contribution in [3.63, 3.8) is 0 Å². The van der Waals surface area contributed by atoms with Crippen LogP contribution in [-0.4, -0.2) is 25.1 Å². The van der Waals surface area contributed by atoms with Crippen molar-refractivity contribution in [1.82, 2.24) is 5.32 Å². The van der Waals surface area contributed by atoms with E-state index in [1.807, 2.05) is 12.1 Å². The summed E-state index contributed by atoms with van der Waals surface area (Å²) >= 11 is 6.29. The Morgan fingerprint density at radius 3 is 2.83 bits per heavy atom. The van der Waals surface area contributed by atoms with Gasteiger partial charge in [0, 0.05) is 12.1 Å². The van der Waals surface area contributed by atoms with Crippen LogP contribution in [-0.2, 0) is 4.79 Å². The zero-order chi connectivity index (χ0) is 16.1. The third-order valence-electron chi connectivity index (χ3n) is 4.75. The van der Waals surface area contributed by atoms with Gasteiger partial charge in [-0.05, 0) is 75.7 Å². The number of hydrogen-bond acceptors (Lipinski definition) is 3. The standard InChI is InChI=1S/C18H25ClN2O2/c19-16-11-14(6-7-17(16)23-15-3-1-2-4-15)21-18(22)8-5-13-9-10-20-12-13/h6-7,11,13,15,20H,1-5,8-10,12H2,(H,21,22). The lowest BCUT2D eigenvalue weighted by molar-refractivity contribution is -0.116. The van der Waals surface area contributed by atoms with Crippen LogP contribution in [0.3, 0.4) is 0 Å². The highest BCUT2D eigenvalue weighted by Gasteiger charge is 2.18. The van der Waals surface area contributed by atoms with Gasteiger partial charge in [0.2, 0.25) is 5.91 Å². The van der Waals surface area contributed by atoms with E-state index in [9.17, 15) is 4.79 Å². The number of halogens is 1. The predicted octanol–water partition coefficient (Wildman–Crippen LogP) is 3.99. The van der Waals surface area contributed by atoms with Gasteiger partial charge in [-0.15, -0.1) is 0 Å². The number of nitrogens with one attached hydrogen (secondary N) is 2. The molecule has 1 aliphatic carbocycles. The van der Waals surface area contributed by atoms with Crippen molar-refractivity contribution in [1.29, 1.82) is 0 Å². The second-order valence-electron chi connectivity index (χ2n) is 6.62. The maximum absolute atomic E-state index is 12.0. The average Bonchev–Trinajstić information content (AvgIpc) is 3.21. The van der Waals surface area contributed by atoms with Crippen LogP contribution in [0.2, 0.25) is 5.02 Å². The number of hydrogen-bond donors (Lipinski definition) is 2. The summed E-state index contributed by atoms with van der Waals surface area (Å²) in [4.78, 5) is 12.0. The summed E-state index contributed by atoms with van der Waals surface area (Å²) in [6.07, 6.45) is 7.62. The summed E-state index contributed by atoms with van der Waals surface area (Å²) < 4.78 is 5.93. The van der Waals surface area contributed by atoms with Crippen molar-refractivity contribution in [3.05, 3.63) is 23.2 Å². The number of ether oxygens (including phenoxy) is 1. The van der Waals surface area contributed by atoms with Crippen LogP contribution in [0.15, 0.2) is 18.2 Å². The molecule has 2 aliphatic rings. The molecule has 1 atom stereocenters. The lowest BCUT2D eigenvalue weighted by atomic mass is 10.0. The summed E-state index contributed by atoms with van der Waals surface area (Å²) in [5.41, 5.74) is 0.739. The maximum atomic E-state index is 12.0. The Balaban J connectivity index is 1.49. The zero-order valence-corrected chi connectivity index (χ0v) is 14.2. The lowest BCUT2D eigenvalue weighted by Crippen LogP contribution is -2.15. The fourth-order valence-electron chi connectivity index (χ4n) is 3.38. The van der Waals surface area contributed by atoms with E-state index >= 15 is 0 Å². The van der Waals surface area contributed by atoms with Gasteiger partial charge in [0.25, 0.3) is 0 Å². The normalized spacial score (nSPS) is 21.5. The third kappa shape index (κ3) is 4.85. The Morgan fingerprint density at radius 1 is 1.30 bits per heavy atom. The molecule has 0 aromatic heterocycles. The van der Waals surface area contributed by atoms with E-state index in [0.29, 0.717) is 23.1 Å². The Morgan fingerprint density at radius 2 is 2.13 bits per heavy atom. The highest BCUT2D eigenvalue weighted by Crippen LogP contribution is 2.31. The van der Waals surface area contributed by atoms with Crippen molar-refractivity contribution in [2.24, 2.45) is 5.92 Å². The minimum Gasteiger partial charge on any atom is -0.489 e. The van der Waals surface area contributed by atoms with Gasteiger partial charge in [-0.1, -0.05) is 11.6 Å². The molecule has 1 saturated heterocycles. The third-order valence-corrected chi connectivity index (χ3v) is 5.05. The second kappa shape index (κ2) is 8.02. The molecule has 4 nitrogen and oxygen atoms in total. The van der Waals surface area contributed by atoms with Gasteiger partial charge in [0.1, 0.15) is 5.75 Å². The molecule has 1 aliphatic heterocycles. The first kappa shape index (κ1) is 16.6. The maximum Gasteiger partial charge on any atom is 0.224 e. The summed E-state index contributed by atoms with van der Waals surface area (Å²) in [6.45, 7) is 2.11. The fourth-order valence-corrected chi connectivity index (χ4v) is 3.60. The number of anilines is 1. The smallest absolute Gasteiger partial charge is 0.224 e.